The predicted octanol–water partition coefficient (Wildman–Crippen LogP) is 3.12. The van der Waals surface area contributed by atoms with Crippen molar-refractivity contribution < 1.29 is 23.0 Å². The molecule has 198 valence electrons. The van der Waals surface area contributed by atoms with Crippen molar-refractivity contribution in [2.24, 2.45) is 0 Å². The van der Waals surface area contributed by atoms with E-state index >= 15 is 0 Å². The maximum Gasteiger partial charge on any atom is 0.253 e. The number of hydrogen-bond donors (Lipinski definition) is 3. The van der Waals surface area contributed by atoms with E-state index in [1.54, 1.807) is 18.0 Å². The van der Waals surface area contributed by atoms with Crippen LogP contribution in [0.2, 0.25) is 0 Å². The second-order valence-electron chi connectivity index (χ2n) is 9.43. The molecule has 37 heavy (non-hydrogen) atoms. The summed E-state index contributed by atoms with van der Waals surface area (Å²) in [6, 6.07) is 9.62. The first-order chi connectivity index (χ1) is 17.9. The fourth-order valence-corrected chi connectivity index (χ4v) is 5.04. The third kappa shape index (κ3) is 5.47. The van der Waals surface area contributed by atoms with Crippen molar-refractivity contribution in [3.63, 3.8) is 0 Å². The second-order valence-corrected chi connectivity index (χ2v) is 9.43. The van der Waals surface area contributed by atoms with Crippen LogP contribution in [0.25, 0.3) is 22.0 Å². The fourth-order valence-electron chi connectivity index (χ4n) is 5.04. The van der Waals surface area contributed by atoms with E-state index in [2.05, 4.69) is 20.4 Å². The summed E-state index contributed by atoms with van der Waals surface area (Å²) in [7, 11) is 1.59. The summed E-state index contributed by atoms with van der Waals surface area (Å²) in [5.41, 5.74) is 10.0. The summed E-state index contributed by atoms with van der Waals surface area (Å²) < 4.78 is 37.5. The minimum absolute atomic E-state index is 0.0252. The Morgan fingerprint density at radius 1 is 1.19 bits per heavy atom. The van der Waals surface area contributed by atoms with Crippen LogP contribution < -0.4 is 20.7 Å². The van der Waals surface area contributed by atoms with E-state index in [-0.39, 0.29) is 18.6 Å². The second kappa shape index (κ2) is 10.9. The molecule has 2 aliphatic rings. The number of carbonyl (C=O) groups is 1. The number of hydrogen-bond acceptors (Lipinski definition) is 7. The van der Waals surface area contributed by atoms with Gasteiger partial charge in [-0.1, -0.05) is 6.07 Å². The van der Waals surface area contributed by atoms with Gasteiger partial charge in [-0.2, -0.15) is 5.10 Å². The molecule has 11 heteroatoms. The van der Waals surface area contributed by atoms with Gasteiger partial charge in [-0.3, -0.25) is 14.8 Å². The van der Waals surface area contributed by atoms with Crippen LogP contribution in [0.15, 0.2) is 30.3 Å². The summed E-state index contributed by atoms with van der Waals surface area (Å²) in [4.78, 5) is 16.5. The monoisotopic (exact) mass is 514 g/mol. The van der Waals surface area contributed by atoms with Crippen LogP contribution in [0, 0.1) is 0 Å². The van der Waals surface area contributed by atoms with Gasteiger partial charge < -0.3 is 25.4 Å². The third-order valence-electron chi connectivity index (χ3n) is 7.03. The number of aromatic amines is 1. The molecule has 9 nitrogen and oxygen atoms in total. The standard InChI is InChI=1S/C26H32F2N6O3/c1-30-26(35)19-3-2-16(13-21(19)34-8-6-33(7-9-34)15-23(27)28)17-12-20-24(25(29)32-31-20)22(14-17)37-18-4-10-36-11-5-18/h2-3,12-14,18,23H,4-11,15H2,1H3,(H,30,35)(H3,29,31,32). The van der Waals surface area contributed by atoms with Gasteiger partial charge in [-0.25, -0.2) is 8.78 Å². The van der Waals surface area contributed by atoms with Crippen molar-refractivity contribution in [2.75, 3.05) is 63.6 Å². The van der Waals surface area contributed by atoms with Crippen LogP contribution in [0.5, 0.6) is 5.75 Å². The maximum absolute atomic E-state index is 12.8. The molecule has 0 bridgehead atoms. The number of fused-ring (bicyclic) bond motifs is 1. The van der Waals surface area contributed by atoms with Crippen LogP contribution in [0.3, 0.4) is 0 Å². The maximum atomic E-state index is 12.8. The van der Waals surface area contributed by atoms with E-state index in [1.165, 1.54) is 0 Å². The number of nitrogens with one attached hydrogen (secondary N) is 2. The van der Waals surface area contributed by atoms with Crippen LogP contribution in [0.1, 0.15) is 23.2 Å². The first-order valence-electron chi connectivity index (χ1n) is 12.6. The zero-order chi connectivity index (χ0) is 25.9. The number of amides is 1. The molecule has 0 spiro atoms. The number of aromatic nitrogens is 2. The first-order valence-corrected chi connectivity index (χ1v) is 12.6. The SMILES string of the molecule is CNC(=O)c1ccc(-c2cc(OC3CCOCC3)c3c(N)n[nH]c3c2)cc1N1CCN(CC(F)F)CC1. The molecule has 3 aromatic rings. The topological polar surface area (TPSA) is 109 Å². The Morgan fingerprint density at radius 3 is 2.65 bits per heavy atom. The number of halogens is 2. The van der Waals surface area contributed by atoms with Crippen LogP contribution in [-0.2, 0) is 4.74 Å². The molecule has 1 aromatic heterocycles. The summed E-state index contributed by atoms with van der Waals surface area (Å²) in [6.45, 7) is 3.18. The number of H-pyrrole nitrogens is 1. The summed E-state index contributed by atoms with van der Waals surface area (Å²) in [5, 5.41) is 10.6. The number of carbonyl (C=O) groups excluding carboxylic acids is 1. The smallest absolute Gasteiger partial charge is 0.253 e. The number of ether oxygens (including phenoxy) is 2. The quantitative estimate of drug-likeness (QED) is 0.445. The first kappa shape index (κ1) is 25.2. The lowest BCUT2D eigenvalue weighted by atomic mass is 9.99. The van der Waals surface area contributed by atoms with Gasteiger partial charge in [0.1, 0.15) is 11.9 Å². The Balaban J connectivity index is 1.49. The van der Waals surface area contributed by atoms with E-state index in [0.29, 0.717) is 56.5 Å². The van der Waals surface area contributed by atoms with Crippen molar-refractivity contribution in [1.82, 2.24) is 20.4 Å². The molecule has 2 aliphatic heterocycles. The van der Waals surface area contributed by atoms with E-state index in [1.807, 2.05) is 24.3 Å². The zero-order valence-electron chi connectivity index (χ0n) is 20.8. The van der Waals surface area contributed by atoms with Crippen molar-refractivity contribution in [3.8, 4) is 16.9 Å². The molecule has 0 atom stereocenters. The number of nitrogens with two attached hydrogens (primary N) is 1. The summed E-state index contributed by atoms with van der Waals surface area (Å²) in [6.07, 6.45) is -0.740. The normalized spacial score (nSPS) is 17.5. The molecule has 1 amide bonds. The lowest BCUT2D eigenvalue weighted by Gasteiger charge is -2.36. The Kier molecular flexibility index (Phi) is 7.43. The number of piperazine rings is 1. The number of nitrogen functional groups attached to an aromatic ring is 1. The van der Waals surface area contributed by atoms with Gasteiger partial charge in [0.05, 0.1) is 41.9 Å². The molecule has 0 aliphatic carbocycles. The van der Waals surface area contributed by atoms with Crippen molar-refractivity contribution in [2.45, 2.75) is 25.4 Å². The molecular formula is C26H32F2N6O3. The van der Waals surface area contributed by atoms with Gasteiger partial charge in [0.15, 0.2) is 5.82 Å². The highest BCUT2D eigenvalue weighted by Crippen LogP contribution is 2.37. The van der Waals surface area contributed by atoms with Crippen LogP contribution in [-0.4, -0.2) is 86.5 Å². The van der Waals surface area contributed by atoms with Gasteiger partial charge in [0, 0.05) is 46.1 Å². The number of benzene rings is 2. The zero-order valence-corrected chi connectivity index (χ0v) is 20.8. The Labute approximate surface area is 213 Å². The van der Waals surface area contributed by atoms with Crippen molar-refractivity contribution in [1.29, 1.82) is 0 Å². The molecule has 0 radical (unpaired) electrons. The highest BCUT2D eigenvalue weighted by atomic mass is 19.3. The Hall–Kier alpha value is -3.44. The highest BCUT2D eigenvalue weighted by Gasteiger charge is 2.24. The van der Waals surface area contributed by atoms with Gasteiger partial charge in [0.25, 0.3) is 12.3 Å². The number of alkyl halides is 2. The van der Waals surface area contributed by atoms with Crippen LogP contribution in [0.4, 0.5) is 20.3 Å². The lowest BCUT2D eigenvalue weighted by Crippen LogP contribution is -2.48. The molecule has 2 saturated heterocycles. The van der Waals surface area contributed by atoms with E-state index in [4.69, 9.17) is 15.2 Å². The Bertz CT molecular complexity index is 1250. The summed E-state index contributed by atoms with van der Waals surface area (Å²) >= 11 is 0. The third-order valence-corrected chi connectivity index (χ3v) is 7.03. The molecular weight excluding hydrogens is 482 g/mol. The molecule has 3 heterocycles. The van der Waals surface area contributed by atoms with E-state index in [0.717, 1.165) is 40.6 Å². The molecule has 0 saturated carbocycles. The van der Waals surface area contributed by atoms with Crippen molar-refractivity contribution >= 4 is 28.3 Å². The molecule has 2 fully saturated rings. The largest absolute Gasteiger partial charge is 0.489 e. The average Bonchev–Trinajstić information content (AvgIpc) is 3.29. The fraction of sp³-hybridized carbons (Fsp3) is 0.462. The molecule has 2 aromatic carbocycles. The Morgan fingerprint density at radius 2 is 1.95 bits per heavy atom. The highest BCUT2D eigenvalue weighted by molar-refractivity contribution is 6.01. The molecule has 5 rings (SSSR count). The van der Waals surface area contributed by atoms with Crippen molar-refractivity contribution in [3.05, 3.63) is 35.9 Å². The molecule has 0 unspecified atom stereocenters. The number of nitrogens with zero attached hydrogens (tertiary/aromatic N) is 3. The number of rotatable bonds is 7. The van der Waals surface area contributed by atoms with Gasteiger partial charge >= 0.3 is 0 Å². The minimum Gasteiger partial charge on any atom is -0.489 e. The van der Waals surface area contributed by atoms with Crippen LogP contribution >= 0.6 is 0 Å². The van der Waals surface area contributed by atoms with E-state index < -0.39 is 6.43 Å². The summed E-state index contributed by atoms with van der Waals surface area (Å²) in [5.74, 6) is 0.834. The predicted molar refractivity (Wildman–Crippen MR) is 138 cm³/mol. The van der Waals surface area contributed by atoms with Gasteiger partial charge in [-0.15, -0.1) is 0 Å². The average molecular weight is 515 g/mol. The van der Waals surface area contributed by atoms with E-state index in [9.17, 15) is 13.6 Å². The molecule has 4 N–H and O–H groups in total. The number of anilines is 2. The minimum atomic E-state index is -2.36. The van der Waals surface area contributed by atoms with Gasteiger partial charge in [0.2, 0.25) is 0 Å². The lowest BCUT2D eigenvalue weighted by molar-refractivity contribution is 0.0262. The van der Waals surface area contributed by atoms with Gasteiger partial charge in [-0.05, 0) is 35.4 Å².